The van der Waals surface area contributed by atoms with Gasteiger partial charge in [0.15, 0.2) is 17.0 Å². The number of ether oxygens (including phenoxy) is 1. The molecular formula is C16H16ClN7O. The third-order valence-corrected chi connectivity index (χ3v) is 4.42. The molecule has 0 radical (unpaired) electrons. The van der Waals surface area contributed by atoms with Crippen LogP contribution in [0.5, 0.6) is 0 Å². The first-order valence-electron chi connectivity index (χ1n) is 7.87. The van der Waals surface area contributed by atoms with Crippen LogP contribution in [0.1, 0.15) is 5.56 Å². The van der Waals surface area contributed by atoms with Crippen LogP contribution in [0, 0.1) is 6.92 Å². The number of nitrogen functional groups attached to an aromatic ring is 1. The summed E-state index contributed by atoms with van der Waals surface area (Å²) in [6.45, 7) is 4.62. The second kappa shape index (κ2) is 6.38. The summed E-state index contributed by atoms with van der Waals surface area (Å²) in [6, 6.07) is 1.93. The highest BCUT2D eigenvalue weighted by Gasteiger charge is 2.19. The average molecular weight is 358 g/mol. The van der Waals surface area contributed by atoms with E-state index in [2.05, 4.69) is 24.8 Å². The van der Waals surface area contributed by atoms with Gasteiger partial charge in [0.25, 0.3) is 0 Å². The molecule has 0 unspecified atom stereocenters. The van der Waals surface area contributed by atoms with Crippen molar-refractivity contribution in [2.45, 2.75) is 6.92 Å². The summed E-state index contributed by atoms with van der Waals surface area (Å²) in [7, 11) is 0. The number of morpholine rings is 1. The standard InChI is InChI=1S/C16H16ClN7O/c1-9-6-10(7-19-13(9)17)11-8-20-14-12(21-11)15(23-16(18)22-14)24-2-4-25-5-3-24/h6-8H,2-5H2,1H3,(H2,18,20,22,23). The van der Waals surface area contributed by atoms with Crippen molar-refractivity contribution in [3.8, 4) is 11.3 Å². The molecule has 1 saturated heterocycles. The van der Waals surface area contributed by atoms with Crippen molar-refractivity contribution in [1.82, 2.24) is 24.9 Å². The maximum absolute atomic E-state index is 6.01. The van der Waals surface area contributed by atoms with Crippen LogP contribution in [0.3, 0.4) is 0 Å². The molecule has 1 fully saturated rings. The molecular weight excluding hydrogens is 342 g/mol. The molecule has 0 spiro atoms. The van der Waals surface area contributed by atoms with Crippen LogP contribution in [-0.2, 0) is 4.74 Å². The van der Waals surface area contributed by atoms with E-state index in [4.69, 9.17) is 27.1 Å². The predicted octanol–water partition coefficient (Wildman–Crippen LogP) is 1.86. The van der Waals surface area contributed by atoms with E-state index in [9.17, 15) is 0 Å². The maximum atomic E-state index is 6.01. The molecule has 3 aromatic heterocycles. The van der Waals surface area contributed by atoms with Crippen molar-refractivity contribution in [2.75, 3.05) is 36.9 Å². The van der Waals surface area contributed by atoms with Gasteiger partial charge in [-0.15, -0.1) is 0 Å². The summed E-state index contributed by atoms with van der Waals surface area (Å²) in [5.41, 5.74) is 9.32. The molecule has 128 valence electrons. The zero-order valence-corrected chi connectivity index (χ0v) is 14.4. The van der Waals surface area contributed by atoms with E-state index in [-0.39, 0.29) is 5.95 Å². The third kappa shape index (κ3) is 3.06. The first-order chi connectivity index (χ1) is 12.1. The molecule has 1 aliphatic heterocycles. The minimum absolute atomic E-state index is 0.181. The van der Waals surface area contributed by atoms with Gasteiger partial charge in [-0.3, -0.25) is 0 Å². The monoisotopic (exact) mass is 357 g/mol. The Balaban J connectivity index is 1.85. The summed E-state index contributed by atoms with van der Waals surface area (Å²) < 4.78 is 5.41. The number of hydrogen-bond donors (Lipinski definition) is 1. The Hall–Kier alpha value is -2.58. The van der Waals surface area contributed by atoms with Gasteiger partial charge in [0.2, 0.25) is 5.95 Å². The van der Waals surface area contributed by atoms with Crippen LogP contribution >= 0.6 is 11.6 Å². The van der Waals surface area contributed by atoms with E-state index < -0.39 is 0 Å². The normalized spacial score (nSPS) is 14.9. The zero-order valence-electron chi connectivity index (χ0n) is 13.6. The summed E-state index contributed by atoms with van der Waals surface area (Å²) in [5, 5.41) is 0.475. The van der Waals surface area contributed by atoms with E-state index in [0.29, 0.717) is 41.0 Å². The number of halogens is 1. The summed E-state index contributed by atoms with van der Waals surface area (Å²) in [6.07, 6.45) is 3.33. The van der Waals surface area contributed by atoms with Gasteiger partial charge in [-0.25, -0.2) is 15.0 Å². The van der Waals surface area contributed by atoms with E-state index in [1.165, 1.54) is 0 Å². The molecule has 0 bridgehead atoms. The smallest absolute Gasteiger partial charge is 0.224 e. The van der Waals surface area contributed by atoms with Gasteiger partial charge in [0, 0.05) is 24.8 Å². The molecule has 3 aromatic rings. The Morgan fingerprint density at radius 2 is 1.92 bits per heavy atom. The van der Waals surface area contributed by atoms with Gasteiger partial charge in [0.05, 0.1) is 25.1 Å². The Bertz CT molecular complexity index is 943. The Morgan fingerprint density at radius 3 is 2.68 bits per heavy atom. The van der Waals surface area contributed by atoms with Gasteiger partial charge >= 0.3 is 0 Å². The molecule has 8 nitrogen and oxygen atoms in total. The number of anilines is 2. The number of nitrogens with zero attached hydrogens (tertiary/aromatic N) is 6. The van der Waals surface area contributed by atoms with Crippen molar-refractivity contribution < 1.29 is 4.74 Å². The van der Waals surface area contributed by atoms with Gasteiger partial charge in [-0.2, -0.15) is 9.97 Å². The number of fused-ring (bicyclic) bond motifs is 1. The second-order valence-corrected chi connectivity index (χ2v) is 6.12. The summed E-state index contributed by atoms with van der Waals surface area (Å²) in [4.78, 5) is 24.0. The van der Waals surface area contributed by atoms with Gasteiger partial charge in [-0.1, -0.05) is 11.6 Å². The minimum atomic E-state index is 0.181. The van der Waals surface area contributed by atoms with Crippen LogP contribution in [0.25, 0.3) is 22.4 Å². The van der Waals surface area contributed by atoms with Crippen molar-refractivity contribution in [1.29, 1.82) is 0 Å². The third-order valence-electron chi connectivity index (χ3n) is 4.03. The van der Waals surface area contributed by atoms with Gasteiger partial charge < -0.3 is 15.4 Å². The largest absolute Gasteiger partial charge is 0.378 e. The number of pyridine rings is 1. The molecule has 0 aliphatic carbocycles. The molecule has 0 atom stereocenters. The Morgan fingerprint density at radius 1 is 1.12 bits per heavy atom. The number of rotatable bonds is 2. The quantitative estimate of drug-likeness (QED) is 0.693. The lowest BCUT2D eigenvalue weighted by molar-refractivity contribution is 0.122. The Labute approximate surface area is 149 Å². The van der Waals surface area contributed by atoms with Crippen LogP contribution in [0.15, 0.2) is 18.5 Å². The van der Waals surface area contributed by atoms with Crippen LogP contribution in [-0.4, -0.2) is 51.2 Å². The van der Waals surface area contributed by atoms with Crippen molar-refractivity contribution >= 4 is 34.5 Å². The van der Waals surface area contributed by atoms with Gasteiger partial charge in [-0.05, 0) is 18.6 Å². The lowest BCUT2D eigenvalue weighted by Crippen LogP contribution is -2.37. The number of hydrogen-bond acceptors (Lipinski definition) is 8. The van der Waals surface area contributed by atoms with Gasteiger partial charge in [0.1, 0.15) is 5.15 Å². The first kappa shape index (κ1) is 15.9. The SMILES string of the molecule is Cc1cc(-c2cnc3nc(N)nc(N4CCOCC4)c3n2)cnc1Cl. The number of aromatic nitrogens is 5. The molecule has 0 aromatic carbocycles. The Kier molecular flexibility index (Phi) is 4.06. The molecule has 1 aliphatic rings. The number of nitrogens with two attached hydrogens (primary N) is 1. The fourth-order valence-electron chi connectivity index (χ4n) is 2.74. The molecule has 0 saturated carbocycles. The molecule has 2 N–H and O–H groups in total. The predicted molar refractivity (Wildman–Crippen MR) is 95.6 cm³/mol. The van der Waals surface area contributed by atoms with Crippen molar-refractivity contribution in [2.24, 2.45) is 0 Å². The molecule has 4 heterocycles. The first-order valence-corrected chi connectivity index (χ1v) is 8.25. The summed E-state index contributed by atoms with van der Waals surface area (Å²) >= 11 is 6.01. The maximum Gasteiger partial charge on any atom is 0.224 e. The van der Waals surface area contributed by atoms with Crippen LogP contribution < -0.4 is 10.6 Å². The molecule has 0 amide bonds. The highest BCUT2D eigenvalue weighted by Crippen LogP contribution is 2.26. The average Bonchev–Trinajstić information content (AvgIpc) is 2.63. The van der Waals surface area contributed by atoms with E-state index in [1.807, 2.05) is 13.0 Å². The van der Waals surface area contributed by atoms with Crippen LogP contribution in [0.2, 0.25) is 5.15 Å². The lowest BCUT2D eigenvalue weighted by Gasteiger charge is -2.28. The highest BCUT2D eigenvalue weighted by molar-refractivity contribution is 6.30. The van der Waals surface area contributed by atoms with E-state index in [0.717, 1.165) is 24.2 Å². The van der Waals surface area contributed by atoms with E-state index >= 15 is 0 Å². The zero-order chi connectivity index (χ0) is 17.4. The molecule has 9 heteroatoms. The molecule has 25 heavy (non-hydrogen) atoms. The molecule has 4 rings (SSSR count). The lowest BCUT2D eigenvalue weighted by atomic mass is 10.1. The topological polar surface area (TPSA) is 103 Å². The highest BCUT2D eigenvalue weighted by atomic mass is 35.5. The van der Waals surface area contributed by atoms with Crippen molar-refractivity contribution in [3.63, 3.8) is 0 Å². The summed E-state index contributed by atoms with van der Waals surface area (Å²) in [5.74, 6) is 0.860. The minimum Gasteiger partial charge on any atom is -0.378 e. The van der Waals surface area contributed by atoms with E-state index in [1.54, 1.807) is 12.4 Å². The fourth-order valence-corrected chi connectivity index (χ4v) is 2.85. The fraction of sp³-hybridized carbons (Fsp3) is 0.312. The number of aryl methyl sites for hydroxylation is 1. The van der Waals surface area contributed by atoms with Crippen LogP contribution in [0.4, 0.5) is 11.8 Å². The van der Waals surface area contributed by atoms with Crippen molar-refractivity contribution in [3.05, 3.63) is 29.2 Å². The second-order valence-electron chi connectivity index (χ2n) is 5.76.